The highest BCUT2D eigenvalue weighted by Crippen LogP contribution is 2.37. The van der Waals surface area contributed by atoms with Crippen molar-refractivity contribution in [2.45, 2.75) is 13.0 Å². The van der Waals surface area contributed by atoms with Crippen LogP contribution in [-0.4, -0.2) is 6.10 Å². The van der Waals surface area contributed by atoms with Crippen LogP contribution >= 0.6 is 0 Å². The second-order valence-corrected chi connectivity index (χ2v) is 3.42. The Morgan fingerprint density at radius 3 is 3.00 bits per heavy atom. The van der Waals surface area contributed by atoms with Gasteiger partial charge in [0, 0.05) is 24.6 Å². The number of hydrogen-bond donors (Lipinski definition) is 0. The molecule has 0 aromatic heterocycles. The molecule has 1 nitrogen and oxygen atoms in total. The van der Waals surface area contributed by atoms with E-state index in [1.165, 1.54) is 0 Å². The Morgan fingerprint density at radius 2 is 2.29 bits per heavy atom. The number of ether oxygens (including phenoxy) is 1. The van der Waals surface area contributed by atoms with Crippen LogP contribution in [0.4, 0.5) is 0 Å². The molecule has 1 unspecified atom stereocenters. The van der Waals surface area contributed by atoms with E-state index in [-0.39, 0.29) is 6.10 Å². The molecule has 0 fully saturated rings. The summed E-state index contributed by atoms with van der Waals surface area (Å²) in [4.78, 5) is 0. The summed E-state index contributed by atoms with van der Waals surface area (Å²) in [5, 5.41) is 0. The minimum atomic E-state index is -0.00296. The maximum Gasteiger partial charge on any atom is 0.154 e. The van der Waals surface area contributed by atoms with E-state index in [0.29, 0.717) is 0 Å². The highest BCUT2D eigenvalue weighted by molar-refractivity contribution is 5.77. The van der Waals surface area contributed by atoms with Gasteiger partial charge in [-0.1, -0.05) is 12.7 Å². The lowest BCUT2D eigenvalue weighted by atomic mass is 10.0. The maximum absolute atomic E-state index is 5.70. The highest BCUT2D eigenvalue weighted by atomic mass is 16.5. The monoisotopic (exact) mass is 185 g/mol. The number of benzene rings is 1. The van der Waals surface area contributed by atoms with Crippen LogP contribution in [0.25, 0.3) is 5.57 Å². The van der Waals surface area contributed by atoms with E-state index in [4.69, 9.17) is 4.74 Å². The van der Waals surface area contributed by atoms with Crippen LogP contribution in [-0.2, 0) is 0 Å². The van der Waals surface area contributed by atoms with Crippen molar-refractivity contribution >= 4 is 5.57 Å². The van der Waals surface area contributed by atoms with Crippen molar-refractivity contribution in [3.8, 4) is 5.75 Å². The summed E-state index contributed by atoms with van der Waals surface area (Å²) in [6.07, 6.45) is 3.98. The first kappa shape index (κ1) is 8.95. The molecule has 0 saturated carbocycles. The van der Waals surface area contributed by atoms with Crippen molar-refractivity contribution in [3.05, 3.63) is 55.0 Å². The summed E-state index contributed by atoms with van der Waals surface area (Å²) in [5.74, 6) is 0.908. The summed E-state index contributed by atoms with van der Waals surface area (Å²) in [6.45, 7) is 9.90. The molecular formula is C13H13O+. The van der Waals surface area contributed by atoms with Gasteiger partial charge < -0.3 is 4.74 Å². The molecule has 1 aromatic carbocycles. The van der Waals surface area contributed by atoms with Crippen molar-refractivity contribution in [2.24, 2.45) is 0 Å². The summed E-state index contributed by atoms with van der Waals surface area (Å²) in [5.41, 5.74) is 3.10. The Balaban J connectivity index is 2.41. The van der Waals surface area contributed by atoms with Gasteiger partial charge >= 0.3 is 0 Å². The smallest absolute Gasteiger partial charge is 0.154 e. The number of rotatable bonds is 1. The molecule has 1 aromatic rings. The third-order valence-corrected chi connectivity index (χ3v) is 2.35. The van der Waals surface area contributed by atoms with E-state index in [1.807, 2.05) is 37.3 Å². The Bertz CT molecular complexity index is 402. The van der Waals surface area contributed by atoms with Crippen molar-refractivity contribution in [3.63, 3.8) is 0 Å². The average Bonchev–Trinajstić information content (AvgIpc) is 2.46. The molecule has 0 saturated heterocycles. The third-order valence-electron chi connectivity index (χ3n) is 2.35. The molecule has 1 heterocycles. The van der Waals surface area contributed by atoms with Gasteiger partial charge in [0.15, 0.2) is 5.75 Å². The fourth-order valence-corrected chi connectivity index (χ4v) is 1.62. The van der Waals surface area contributed by atoms with Gasteiger partial charge in [-0.15, -0.1) is 0 Å². The number of fused-ring (bicyclic) bond motifs is 1. The van der Waals surface area contributed by atoms with Crippen molar-refractivity contribution in [1.29, 1.82) is 0 Å². The van der Waals surface area contributed by atoms with E-state index >= 15 is 0 Å². The Kier molecular flexibility index (Phi) is 2.08. The second kappa shape index (κ2) is 3.26. The molecule has 0 amide bonds. The quantitative estimate of drug-likeness (QED) is 0.482. The largest absolute Gasteiger partial charge is 0.478 e. The van der Waals surface area contributed by atoms with Crippen LogP contribution in [0.2, 0.25) is 0 Å². The third kappa shape index (κ3) is 1.31. The Morgan fingerprint density at radius 1 is 1.50 bits per heavy atom. The summed E-state index contributed by atoms with van der Waals surface area (Å²) >= 11 is 0. The van der Waals surface area contributed by atoms with E-state index in [0.717, 1.165) is 22.4 Å². The molecule has 1 atom stereocenters. The van der Waals surface area contributed by atoms with E-state index in [9.17, 15) is 0 Å². The summed E-state index contributed by atoms with van der Waals surface area (Å²) < 4.78 is 5.70. The van der Waals surface area contributed by atoms with E-state index in [1.54, 1.807) is 0 Å². The molecule has 14 heavy (non-hydrogen) atoms. The molecule has 1 aliphatic heterocycles. The van der Waals surface area contributed by atoms with E-state index in [2.05, 4.69) is 13.5 Å². The topological polar surface area (TPSA) is 9.23 Å². The Labute approximate surface area is 84.7 Å². The molecule has 0 radical (unpaired) electrons. The predicted molar refractivity (Wildman–Crippen MR) is 59.2 cm³/mol. The van der Waals surface area contributed by atoms with Gasteiger partial charge in [-0.2, -0.15) is 0 Å². The van der Waals surface area contributed by atoms with Crippen LogP contribution in [0.15, 0.2) is 36.9 Å². The van der Waals surface area contributed by atoms with Crippen LogP contribution in [0.3, 0.4) is 0 Å². The lowest BCUT2D eigenvalue weighted by Crippen LogP contribution is -2.06. The van der Waals surface area contributed by atoms with Crippen LogP contribution < -0.4 is 4.74 Å². The molecule has 0 spiro atoms. The van der Waals surface area contributed by atoms with Gasteiger partial charge in [-0.05, 0) is 13.0 Å². The molecule has 1 aliphatic rings. The van der Waals surface area contributed by atoms with Crippen LogP contribution in [0.5, 0.6) is 5.75 Å². The summed E-state index contributed by atoms with van der Waals surface area (Å²) in [7, 11) is 0. The first-order valence-electron chi connectivity index (χ1n) is 4.67. The SMILES string of the molecule is C=C1c2cc([CH2+])ccc2OC1C=CC. The van der Waals surface area contributed by atoms with Gasteiger partial charge in [-0.25, -0.2) is 0 Å². The molecule has 0 bridgehead atoms. The zero-order valence-electron chi connectivity index (χ0n) is 8.29. The van der Waals surface area contributed by atoms with Gasteiger partial charge in [0.2, 0.25) is 0 Å². The minimum Gasteiger partial charge on any atom is -0.478 e. The molecule has 0 N–H and O–H groups in total. The fraction of sp³-hybridized carbons (Fsp3) is 0.154. The second-order valence-electron chi connectivity index (χ2n) is 3.42. The Hall–Kier alpha value is -1.63. The van der Waals surface area contributed by atoms with Crippen LogP contribution in [0.1, 0.15) is 18.1 Å². The molecule has 2 rings (SSSR count). The number of allylic oxidation sites excluding steroid dienone is 1. The van der Waals surface area contributed by atoms with Crippen molar-refractivity contribution in [1.82, 2.24) is 0 Å². The van der Waals surface area contributed by atoms with Crippen molar-refractivity contribution in [2.75, 3.05) is 0 Å². The minimum absolute atomic E-state index is 0.00296. The van der Waals surface area contributed by atoms with E-state index < -0.39 is 0 Å². The normalized spacial score (nSPS) is 19.8. The zero-order valence-corrected chi connectivity index (χ0v) is 8.29. The standard InChI is InChI=1S/C13H13O/c1-4-5-12-10(3)11-8-9(2)6-7-13(11)14-12/h4-8,12H,2-3H2,1H3/q+1. The molecule has 70 valence electrons. The maximum atomic E-state index is 5.70. The summed E-state index contributed by atoms with van der Waals surface area (Å²) in [6, 6.07) is 5.91. The lowest BCUT2D eigenvalue weighted by Gasteiger charge is -2.03. The van der Waals surface area contributed by atoms with Crippen LogP contribution in [0, 0.1) is 6.92 Å². The zero-order chi connectivity index (χ0) is 10.1. The molecule has 0 aliphatic carbocycles. The fourth-order valence-electron chi connectivity index (χ4n) is 1.62. The van der Waals surface area contributed by atoms with Gasteiger partial charge in [-0.3, -0.25) is 0 Å². The lowest BCUT2D eigenvalue weighted by molar-refractivity contribution is 0.323. The first-order valence-corrected chi connectivity index (χ1v) is 4.67. The predicted octanol–water partition coefficient (Wildman–Crippen LogP) is 3.22. The molecule has 1 heteroatoms. The highest BCUT2D eigenvalue weighted by Gasteiger charge is 2.27. The van der Waals surface area contributed by atoms with Gasteiger partial charge in [0.25, 0.3) is 0 Å². The number of hydrogen-bond acceptors (Lipinski definition) is 1. The van der Waals surface area contributed by atoms with Crippen molar-refractivity contribution < 1.29 is 4.74 Å². The first-order chi connectivity index (χ1) is 6.72. The van der Waals surface area contributed by atoms with Gasteiger partial charge in [0.05, 0.1) is 11.6 Å². The average molecular weight is 185 g/mol. The molecular weight excluding hydrogens is 172 g/mol. The van der Waals surface area contributed by atoms with Gasteiger partial charge in [0.1, 0.15) is 11.7 Å².